The van der Waals surface area contributed by atoms with E-state index in [-0.39, 0.29) is 11.7 Å². The summed E-state index contributed by atoms with van der Waals surface area (Å²) >= 11 is 3.45. The summed E-state index contributed by atoms with van der Waals surface area (Å²) in [4.78, 5) is 15.2. The van der Waals surface area contributed by atoms with Crippen molar-refractivity contribution in [2.75, 3.05) is 24.5 Å². The fraction of sp³-hybridized carbons (Fsp3) is 0.348. The van der Waals surface area contributed by atoms with Crippen molar-refractivity contribution in [2.24, 2.45) is 5.92 Å². The van der Waals surface area contributed by atoms with E-state index >= 15 is 0 Å². The number of carbonyl (C=O) groups excluding carboxylic acids is 1. The molecular formula is C23H23BrFN5O. The van der Waals surface area contributed by atoms with Crippen molar-refractivity contribution in [3.8, 4) is 5.69 Å². The molecule has 1 aliphatic carbocycles. The number of amides is 1. The summed E-state index contributed by atoms with van der Waals surface area (Å²) in [6.07, 6.45) is 3.09. The first-order chi connectivity index (χ1) is 15.1. The van der Waals surface area contributed by atoms with Crippen molar-refractivity contribution in [2.45, 2.75) is 25.2 Å². The second-order valence-electron chi connectivity index (χ2n) is 8.27. The molecule has 1 N–H and O–H groups in total. The maximum absolute atomic E-state index is 13.2. The lowest BCUT2D eigenvalue weighted by Gasteiger charge is -2.18. The molecule has 0 bridgehead atoms. The molecule has 1 atom stereocenters. The summed E-state index contributed by atoms with van der Waals surface area (Å²) in [6, 6.07) is 14.4. The summed E-state index contributed by atoms with van der Waals surface area (Å²) in [5, 5.41) is 11.6. The first-order valence-corrected chi connectivity index (χ1v) is 11.4. The monoisotopic (exact) mass is 483 g/mol. The van der Waals surface area contributed by atoms with Gasteiger partial charge in [0.2, 0.25) is 0 Å². The summed E-state index contributed by atoms with van der Waals surface area (Å²) in [6.45, 7) is 2.33. The molecule has 5 rings (SSSR count). The highest BCUT2D eigenvalue weighted by atomic mass is 79.9. The van der Waals surface area contributed by atoms with Gasteiger partial charge >= 0.3 is 0 Å². The molecule has 2 aliphatic rings. The molecule has 1 saturated carbocycles. The molecule has 0 radical (unpaired) electrons. The maximum Gasteiger partial charge on any atom is 0.273 e. The van der Waals surface area contributed by atoms with Gasteiger partial charge in [-0.2, -0.15) is 0 Å². The number of hydrogen-bond donors (Lipinski definition) is 1. The van der Waals surface area contributed by atoms with E-state index in [0.717, 1.165) is 53.9 Å². The second-order valence-corrected chi connectivity index (χ2v) is 9.19. The van der Waals surface area contributed by atoms with Gasteiger partial charge in [0, 0.05) is 35.7 Å². The average Bonchev–Trinajstić information content (AvgIpc) is 3.33. The van der Waals surface area contributed by atoms with Crippen LogP contribution in [0.15, 0.2) is 53.0 Å². The van der Waals surface area contributed by atoms with E-state index in [0.29, 0.717) is 24.1 Å². The number of aromatic nitrogens is 3. The van der Waals surface area contributed by atoms with Crippen molar-refractivity contribution in [1.29, 1.82) is 0 Å². The van der Waals surface area contributed by atoms with Gasteiger partial charge in [-0.1, -0.05) is 21.1 Å². The third-order valence-electron chi connectivity index (χ3n) is 5.98. The van der Waals surface area contributed by atoms with Crippen molar-refractivity contribution in [3.05, 3.63) is 70.2 Å². The largest absolute Gasteiger partial charge is 0.371 e. The van der Waals surface area contributed by atoms with Crippen molar-refractivity contribution >= 4 is 27.5 Å². The first kappa shape index (κ1) is 20.2. The highest BCUT2D eigenvalue weighted by Gasteiger charge is 2.34. The number of benzene rings is 2. The van der Waals surface area contributed by atoms with Gasteiger partial charge in [-0.05, 0) is 73.7 Å². The van der Waals surface area contributed by atoms with Crippen molar-refractivity contribution < 1.29 is 9.18 Å². The molecule has 3 aromatic rings. The topological polar surface area (TPSA) is 63.1 Å². The van der Waals surface area contributed by atoms with Crippen LogP contribution < -0.4 is 10.2 Å². The number of hydrogen-bond acceptors (Lipinski definition) is 4. The van der Waals surface area contributed by atoms with E-state index in [1.54, 1.807) is 16.8 Å². The fourth-order valence-electron chi connectivity index (χ4n) is 4.15. The number of anilines is 1. The zero-order valence-electron chi connectivity index (χ0n) is 17.0. The van der Waals surface area contributed by atoms with Crippen LogP contribution in [0, 0.1) is 11.7 Å². The minimum Gasteiger partial charge on any atom is -0.371 e. The minimum absolute atomic E-state index is 0.162. The lowest BCUT2D eigenvalue weighted by atomic mass is 10.1. The third-order valence-corrected chi connectivity index (χ3v) is 6.51. The van der Waals surface area contributed by atoms with Crippen LogP contribution >= 0.6 is 15.9 Å². The Morgan fingerprint density at radius 1 is 1.06 bits per heavy atom. The minimum atomic E-state index is -0.227. The smallest absolute Gasteiger partial charge is 0.273 e. The van der Waals surface area contributed by atoms with E-state index in [9.17, 15) is 9.18 Å². The molecule has 8 heteroatoms. The van der Waals surface area contributed by atoms with Crippen LogP contribution in [0.25, 0.3) is 5.69 Å². The number of halogens is 2. The lowest BCUT2D eigenvalue weighted by Crippen LogP contribution is -2.31. The first-order valence-electron chi connectivity index (χ1n) is 10.6. The Kier molecular flexibility index (Phi) is 5.48. The van der Waals surface area contributed by atoms with Crippen molar-refractivity contribution in [3.63, 3.8) is 0 Å². The Balaban J connectivity index is 1.25. The van der Waals surface area contributed by atoms with Gasteiger partial charge < -0.3 is 10.2 Å². The summed E-state index contributed by atoms with van der Waals surface area (Å²) in [7, 11) is 0. The highest BCUT2D eigenvalue weighted by molar-refractivity contribution is 9.10. The predicted molar refractivity (Wildman–Crippen MR) is 120 cm³/mol. The van der Waals surface area contributed by atoms with Gasteiger partial charge in [0.25, 0.3) is 5.91 Å². The summed E-state index contributed by atoms with van der Waals surface area (Å²) < 4.78 is 16.0. The molecule has 1 unspecified atom stereocenters. The molecule has 31 heavy (non-hydrogen) atoms. The number of nitrogens with zero attached hydrogens (tertiary/aromatic N) is 4. The summed E-state index contributed by atoms with van der Waals surface area (Å²) in [5.41, 5.74) is 3.25. The lowest BCUT2D eigenvalue weighted by molar-refractivity contribution is 0.0942. The van der Waals surface area contributed by atoms with Crippen LogP contribution in [0.5, 0.6) is 0 Å². The zero-order chi connectivity index (χ0) is 21.4. The summed E-state index contributed by atoms with van der Waals surface area (Å²) in [5.74, 6) is 0.291. The molecule has 0 spiro atoms. The molecular weight excluding hydrogens is 461 g/mol. The van der Waals surface area contributed by atoms with E-state index in [4.69, 9.17) is 0 Å². The Hall–Kier alpha value is -2.74. The molecule has 160 valence electrons. The van der Waals surface area contributed by atoms with E-state index < -0.39 is 0 Å². The molecule has 2 aromatic carbocycles. The van der Waals surface area contributed by atoms with E-state index in [1.165, 1.54) is 12.1 Å². The van der Waals surface area contributed by atoms with E-state index in [2.05, 4.69) is 36.5 Å². The zero-order valence-corrected chi connectivity index (χ0v) is 18.6. The maximum atomic E-state index is 13.2. The van der Waals surface area contributed by atoms with Crippen LogP contribution in [0.2, 0.25) is 0 Å². The second kappa shape index (κ2) is 8.42. The molecule has 2 fully saturated rings. The third kappa shape index (κ3) is 4.35. The fourth-order valence-corrected chi connectivity index (χ4v) is 4.42. The van der Waals surface area contributed by atoms with Crippen LogP contribution in [0.1, 0.15) is 41.4 Å². The quantitative estimate of drug-likeness (QED) is 0.567. The Bertz CT molecular complexity index is 1080. The Morgan fingerprint density at radius 3 is 2.48 bits per heavy atom. The van der Waals surface area contributed by atoms with Gasteiger partial charge in [0.15, 0.2) is 5.69 Å². The van der Waals surface area contributed by atoms with Gasteiger partial charge in [0.05, 0.1) is 11.4 Å². The van der Waals surface area contributed by atoms with Crippen LogP contribution in [0.3, 0.4) is 0 Å². The van der Waals surface area contributed by atoms with Gasteiger partial charge in [-0.15, -0.1) is 5.10 Å². The van der Waals surface area contributed by atoms with Gasteiger partial charge in [-0.3, -0.25) is 4.79 Å². The molecule has 6 nitrogen and oxygen atoms in total. The Morgan fingerprint density at radius 2 is 1.77 bits per heavy atom. The molecule has 1 amide bonds. The SMILES string of the molecule is O=C(NCC1CCN(c2ccc(F)cc2)C1)c1nnn(-c2ccc(Br)cc2)c1C1CC1. The van der Waals surface area contributed by atoms with Gasteiger partial charge in [0.1, 0.15) is 5.82 Å². The van der Waals surface area contributed by atoms with Crippen LogP contribution in [-0.4, -0.2) is 40.5 Å². The standard InChI is InChI=1S/C23H23BrFN5O/c24-17-3-7-20(8-4-17)30-22(16-1-2-16)21(27-28-30)23(31)26-13-15-11-12-29(14-15)19-9-5-18(25)6-10-19/h3-10,15-16H,1-2,11-14H2,(H,26,31). The molecule has 1 aliphatic heterocycles. The Labute approximate surface area is 188 Å². The molecule has 1 aromatic heterocycles. The number of carbonyl (C=O) groups is 1. The predicted octanol–water partition coefficient (Wildman–Crippen LogP) is 4.30. The van der Waals surface area contributed by atoms with Crippen molar-refractivity contribution in [1.82, 2.24) is 20.3 Å². The normalized spacial score (nSPS) is 18.4. The average molecular weight is 484 g/mol. The van der Waals surface area contributed by atoms with Crippen LogP contribution in [-0.2, 0) is 0 Å². The van der Waals surface area contributed by atoms with Gasteiger partial charge in [-0.25, -0.2) is 9.07 Å². The number of nitrogens with one attached hydrogen (secondary N) is 1. The van der Waals surface area contributed by atoms with Crippen LogP contribution in [0.4, 0.5) is 10.1 Å². The number of rotatable bonds is 6. The molecule has 2 heterocycles. The molecule has 1 saturated heterocycles. The highest BCUT2D eigenvalue weighted by Crippen LogP contribution is 2.42. The van der Waals surface area contributed by atoms with E-state index in [1.807, 2.05) is 24.3 Å².